The molecular formula is C10H16N2O. The number of nitrogens with zero attached hydrogens (tertiary/aromatic N) is 2. The first-order valence-electron chi connectivity index (χ1n) is 4.91. The van der Waals surface area contributed by atoms with E-state index in [9.17, 15) is 0 Å². The van der Waals surface area contributed by atoms with Crippen LogP contribution in [0, 0.1) is 0 Å². The smallest absolute Gasteiger partial charge is 0.229 e. The van der Waals surface area contributed by atoms with E-state index in [4.69, 9.17) is 4.52 Å². The van der Waals surface area contributed by atoms with Crippen molar-refractivity contribution in [2.24, 2.45) is 0 Å². The van der Waals surface area contributed by atoms with Crippen LogP contribution in [0.2, 0.25) is 0 Å². The number of rotatable bonds is 1. The normalized spacial score (nSPS) is 18.7. The predicted molar refractivity (Wildman–Crippen MR) is 49.6 cm³/mol. The van der Waals surface area contributed by atoms with E-state index in [-0.39, 0.29) is 5.41 Å². The molecule has 0 aromatic carbocycles. The van der Waals surface area contributed by atoms with Gasteiger partial charge in [0.2, 0.25) is 5.89 Å². The first kappa shape index (κ1) is 8.73. The average Bonchev–Trinajstić information content (AvgIpc) is 2.29. The SMILES string of the molecule is CC(C)(C)c1noc(C2CCC2)n1. The molecule has 1 aliphatic carbocycles. The highest BCUT2D eigenvalue weighted by molar-refractivity contribution is 5.04. The fraction of sp³-hybridized carbons (Fsp3) is 0.800. The number of hydrogen-bond donors (Lipinski definition) is 0. The van der Waals surface area contributed by atoms with Crippen molar-refractivity contribution in [1.29, 1.82) is 0 Å². The maximum absolute atomic E-state index is 5.23. The standard InChI is InChI=1S/C10H16N2O/c1-10(2,3)9-11-8(13-12-9)7-5-4-6-7/h7H,4-6H2,1-3H3. The lowest BCUT2D eigenvalue weighted by Gasteiger charge is -2.20. The van der Waals surface area contributed by atoms with Gasteiger partial charge >= 0.3 is 0 Å². The average molecular weight is 180 g/mol. The van der Waals surface area contributed by atoms with Crippen LogP contribution in [-0.4, -0.2) is 10.1 Å². The molecule has 0 N–H and O–H groups in total. The van der Waals surface area contributed by atoms with E-state index in [2.05, 4.69) is 30.9 Å². The van der Waals surface area contributed by atoms with Crippen LogP contribution in [0.25, 0.3) is 0 Å². The lowest BCUT2D eigenvalue weighted by Crippen LogP contribution is -2.14. The molecule has 0 amide bonds. The summed E-state index contributed by atoms with van der Waals surface area (Å²) in [6.45, 7) is 6.30. The second-order valence-electron chi connectivity index (χ2n) is 4.83. The molecule has 1 heterocycles. The quantitative estimate of drug-likeness (QED) is 0.666. The topological polar surface area (TPSA) is 38.9 Å². The van der Waals surface area contributed by atoms with Crippen molar-refractivity contribution in [3.8, 4) is 0 Å². The highest BCUT2D eigenvalue weighted by Crippen LogP contribution is 2.35. The molecule has 72 valence electrons. The van der Waals surface area contributed by atoms with Crippen LogP contribution in [0.1, 0.15) is 57.7 Å². The van der Waals surface area contributed by atoms with E-state index < -0.39 is 0 Å². The zero-order valence-electron chi connectivity index (χ0n) is 8.50. The molecule has 0 saturated heterocycles. The molecule has 0 bridgehead atoms. The maximum Gasteiger partial charge on any atom is 0.229 e. The summed E-state index contributed by atoms with van der Waals surface area (Å²) >= 11 is 0. The van der Waals surface area contributed by atoms with Gasteiger partial charge in [-0.05, 0) is 12.8 Å². The Kier molecular flexibility index (Phi) is 1.90. The Bertz CT molecular complexity index is 294. The second kappa shape index (κ2) is 2.82. The molecule has 0 radical (unpaired) electrons. The van der Waals surface area contributed by atoms with Gasteiger partial charge in [0, 0.05) is 11.3 Å². The Hall–Kier alpha value is -0.860. The molecule has 2 rings (SSSR count). The summed E-state index contributed by atoms with van der Waals surface area (Å²) in [6, 6.07) is 0. The van der Waals surface area contributed by atoms with Gasteiger partial charge in [-0.1, -0.05) is 32.3 Å². The molecular weight excluding hydrogens is 164 g/mol. The molecule has 3 heteroatoms. The fourth-order valence-electron chi connectivity index (χ4n) is 1.36. The molecule has 1 aromatic heterocycles. The van der Waals surface area contributed by atoms with Gasteiger partial charge in [0.25, 0.3) is 0 Å². The minimum atomic E-state index is 0.00545. The summed E-state index contributed by atoms with van der Waals surface area (Å²) in [7, 11) is 0. The summed E-state index contributed by atoms with van der Waals surface area (Å²) in [4.78, 5) is 4.43. The highest BCUT2D eigenvalue weighted by atomic mass is 16.5. The zero-order chi connectivity index (χ0) is 9.47. The summed E-state index contributed by atoms with van der Waals surface area (Å²) in [5.41, 5.74) is 0.00545. The van der Waals surface area contributed by atoms with Gasteiger partial charge < -0.3 is 4.52 Å². The lowest BCUT2D eigenvalue weighted by atomic mass is 9.85. The maximum atomic E-state index is 5.23. The van der Waals surface area contributed by atoms with E-state index in [0.29, 0.717) is 5.92 Å². The third kappa shape index (κ3) is 1.60. The van der Waals surface area contributed by atoms with E-state index in [1.54, 1.807) is 0 Å². The zero-order valence-corrected chi connectivity index (χ0v) is 8.50. The van der Waals surface area contributed by atoms with Crippen molar-refractivity contribution in [3.05, 3.63) is 11.7 Å². The molecule has 0 unspecified atom stereocenters. The van der Waals surface area contributed by atoms with Crippen LogP contribution < -0.4 is 0 Å². The Morgan fingerprint density at radius 2 is 2.00 bits per heavy atom. The first-order valence-corrected chi connectivity index (χ1v) is 4.91. The molecule has 0 aliphatic heterocycles. The fourth-order valence-corrected chi connectivity index (χ4v) is 1.36. The molecule has 0 atom stereocenters. The summed E-state index contributed by atoms with van der Waals surface area (Å²) in [6.07, 6.45) is 3.73. The molecule has 1 fully saturated rings. The lowest BCUT2D eigenvalue weighted by molar-refractivity contribution is 0.289. The van der Waals surface area contributed by atoms with Crippen molar-refractivity contribution in [1.82, 2.24) is 10.1 Å². The van der Waals surface area contributed by atoms with Crippen molar-refractivity contribution in [3.63, 3.8) is 0 Å². The van der Waals surface area contributed by atoms with Gasteiger partial charge in [0.1, 0.15) is 0 Å². The van der Waals surface area contributed by atoms with Crippen LogP contribution in [0.15, 0.2) is 4.52 Å². The van der Waals surface area contributed by atoms with Crippen LogP contribution in [0.5, 0.6) is 0 Å². The van der Waals surface area contributed by atoms with Gasteiger partial charge in [-0.15, -0.1) is 0 Å². The Morgan fingerprint density at radius 1 is 1.31 bits per heavy atom. The van der Waals surface area contributed by atoms with Gasteiger partial charge in [0.05, 0.1) is 0 Å². The summed E-state index contributed by atoms with van der Waals surface area (Å²) in [5, 5.41) is 4.00. The van der Waals surface area contributed by atoms with Crippen LogP contribution >= 0.6 is 0 Å². The van der Waals surface area contributed by atoms with Crippen LogP contribution in [0.4, 0.5) is 0 Å². The van der Waals surface area contributed by atoms with Crippen molar-refractivity contribution in [2.75, 3.05) is 0 Å². The van der Waals surface area contributed by atoms with Gasteiger partial charge in [0.15, 0.2) is 5.82 Å². The van der Waals surface area contributed by atoms with Gasteiger partial charge in [-0.2, -0.15) is 4.98 Å². The van der Waals surface area contributed by atoms with Crippen molar-refractivity contribution in [2.45, 2.75) is 51.4 Å². The third-order valence-corrected chi connectivity index (χ3v) is 2.57. The summed E-state index contributed by atoms with van der Waals surface area (Å²) < 4.78 is 5.23. The van der Waals surface area contributed by atoms with Gasteiger partial charge in [-0.25, -0.2) is 0 Å². The van der Waals surface area contributed by atoms with Crippen LogP contribution in [-0.2, 0) is 5.41 Å². The Morgan fingerprint density at radius 3 is 2.38 bits per heavy atom. The largest absolute Gasteiger partial charge is 0.339 e. The van der Waals surface area contributed by atoms with Crippen molar-refractivity contribution >= 4 is 0 Å². The second-order valence-corrected chi connectivity index (χ2v) is 4.83. The van der Waals surface area contributed by atoms with E-state index in [1.807, 2.05) is 0 Å². The molecule has 1 aromatic rings. The monoisotopic (exact) mass is 180 g/mol. The number of hydrogen-bond acceptors (Lipinski definition) is 3. The highest BCUT2D eigenvalue weighted by Gasteiger charge is 2.28. The Balaban J connectivity index is 2.17. The third-order valence-electron chi connectivity index (χ3n) is 2.57. The minimum Gasteiger partial charge on any atom is -0.339 e. The molecule has 1 saturated carbocycles. The van der Waals surface area contributed by atoms with Crippen LogP contribution in [0.3, 0.4) is 0 Å². The summed E-state index contributed by atoms with van der Waals surface area (Å²) in [5.74, 6) is 2.22. The predicted octanol–water partition coefficient (Wildman–Crippen LogP) is 2.63. The Labute approximate surface area is 78.5 Å². The molecule has 13 heavy (non-hydrogen) atoms. The van der Waals surface area contributed by atoms with E-state index >= 15 is 0 Å². The molecule has 0 spiro atoms. The first-order chi connectivity index (χ1) is 6.07. The minimum absolute atomic E-state index is 0.00545. The van der Waals surface area contributed by atoms with E-state index in [0.717, 1.165) is 11.7 Å². The molecule has 3 nitrogen and oxygen atoms in total. The van der Waals surface area contributed by atoms with E-state index in [1.165, 1.54) is 19.3 Å². The molecule has 1 aliphatic rings. The number of aromatic nitrogens is 2. The van der Waals surface area contributed by atoms with Gasteiger partial charge in [-0.3, -0.25) is 0 Å². The van der Waals surface area contributed by atoms with Crippen molar-refractivity contribution < 1.29 is 4.52 Å².